The van der Waals surface area contributed by atoms with Crippen LogP contribution < -0.4 is 5.56 Å². The van der Waals surface area contributed by atoms with Gasteiger partial charge in [-0.15, -0.1) is 0 Å². The Bertz CT molecular complexity index is 1020. The van der Waals surface area contributed by atoms with Gasteiger partial charge in [0.2, 0.25) is 0 Å². The highest BCUT2D eigenvalue weighted by molar-refractivity contribution is 6.05. The van der Waals surface area contributed by atoms with Crippen molar-refractivity contribution in [2.24, 2.45) is 0 Å². The molecule has 0 amide bonds. The molecule has 6 heteroatoms. The molecule has 0 aliphatic rings. The minimum atomic E-state index is -0.537. The van der Waals surface area contributed by atoms with Crippen LogP contribution >= 0.6 is 0 Å². The highest BCUT2D eigenvalue weighted by Gasteiger charge is 2.20. The molecule has 6 nitrogen and oxygen atoms in total. The fourth-order valence-corrected chi connectivity index (χ4v) is 2.87. The lowest BCUT2D eigenvalue weighted by Gasteiger charge is -2.13. The van der Waals surface area contributed by atoms with Gasteiger partial charge < -0.3 is 9.84 Å². The molecule has 1 aromatic carbocycles. The summed E-state index contributed by atoms with van der Waals surface area (Å²) in [5.41, 5.74) is 1.31. The molecular formula is C18H16N2O4. The van der Waals surface area contributed by atoms with E-state index >= 15 is 0 Å². The average Bonchev–Trinajstić information content (AvgIpc) is 2.55. The second kappa shape index (κ2) is 5.81. The fraction of sp³-hybridized carbons (Fsp3) is 0.167. The fourth-order valence-electron chi connectivity index (χ4n) is 2.87. The number of phenols is 1. The van der Waals surface area contributed by atoms with Crippen molar-refractivity contribution < 1.29 is 14.6 Å². The first-order valence-corrected chi connectivity index (χ1v) is 7.35. The Hall–Kier alpha value is -3.15. The van der Waals surface area contributed by atoms with E-state index in [2.05, 4.69) is 4.98 Å². The molecular weight excluding hydrogens is 308 g/mol. The summed E-state index contributed by atoms with van der Waals surface area (Å²) >= 11 is 0. The number of esters is 1. The first-order valence-electron chi connectivity index (χ1n) is 7.35. The Morgan fingerprint density at radius 2 is 1.88 bits per heavy atom. The number of phenolic OH excluding ortho intramolecular Hbond substituents is 1. The third-order valence-corrected chi connectivity index (χ3v) is 3.95. The summed E-state index contributed by atoms with van der Waals surface area (Å²) in [6.07, 6.45) is 1.53. The van der Waals surface area contributed by atoms with Crippen molar-refractivity contribution in [1.82, 2.24) is 9.55 Å². The number of hydrogen-bond donors (Lipinski definition) is 1. The third kappa shape index (κ3) is 2.32. The van der Waals surface area contributed by atoms with Gasteiger partial charge in [0.15, 0.2) is 0 Å². The number of pyridine rings is 2. The van der Waals surface area contributed by atoms with Gasteiger partial charge in [0.05, 0.1) is 35.1 Å². The highest BCUT2D eigenvalue weighted by atomic mass is 16.5. The normalized spacial score (nSPS) is 10.8. The summed E-state index contributed by atoms with van der Waals surface area (Å²) in [5, 5.41) is 10.8. The van der Waals surface area contributed by atoms with Crippen LogP contribution in [0.4, 0.5) is 0 Å². The lowest BCUT2D eigenvalue weighted by atomic mass is 10.0. The van der Waals surface area contributed by atoms with Crippen LogP contribution in [0.5, 0.6) is 5.75 Å². The number of ether oxygens (including phenoxy) is 1. The number of methoxy groups -OCH3 is 1. The Morgan fingerprint density at radius 1 is 1.17 bits per heavy atom. The number of para-hydroxylation sites is 2. The number of rotatable bonds is 2. The number of nitrogens with zero attached hydrogens (tertiary/aromatic N) is 2. The maximum atomic E-state index is 12.9. The van der Waals surface area contributed by atoms with Crippen LogP contribution in [-0.2, 0) is 4.74 Å². The molecule has 0 bridgehead atoms. The number of benzene rings is 1. The Kier molecular flexibility index (Phi) is 3.81. The number of aryl methyl sites for hydroxylation is 2. The predicted octanol–water partition coefficient (Wildman–Crippen LogP) is 2.49. The van der Waals surface area contributed by atoms with E-state index < -0.39 is 5.97 Å². The van der Waals surface area contributed by atoms with Gasteiger partial charge in [0.25, 0.3) is 5.56 Å². The van der Waals surface area contributed by atoms with Gasteiger partial charge in [-0.2, -0.15) is 0 Å². The Morgan fingerprint density at radius 3 is 2.54 bits per heavy atom. The monoisotopic (exact) mass is 324 g/mol. The first kappa shape index (κ1) is 15.7. The molecule has 0 aliphatic heterocycles. The van der Waals surface area contributed by atoms with Crippen molar-refractivity contribution in [2.75, 3.05) is 7.11 Å². The summed E-state index contributed by atoms with van der Waals surface area (Å²) in [5.74, 6) is -0.547. The lowest BCUT2D eigenvalue weighted by Crippen LogP contribution is -2.21. The second-order valence-electron chi connectivity index (χ2n) is 5.42. The summed E-state index contributed by atoms with van der Waals surface area (Å²) in [6.45, 7) is 3.42. The minimum Gasteiger partial charge on any atom is -0.506 e. The SMILES string of the molecule is COC(=O)c1c(C)nc(C)c2c(=O)n(-c3ccccc3O)ccc12. The van der Waals surface area contributed by atoms with Crippen molar-refractivity contribution >= 4 is 16.7 Å². The molecule has 0 spiro atoms. The van der Waals surface area contributed by atoms with E-state index in [4.69, 9.17) is 4.74 Å². The van der Waals surface area contributed by atoms with Crippen LogP contribution in [0.2, 0.25) is 0 Å². The number of aromatic nitrogens is 2. The van der Waals surface area contributed by atoms with Crippen LogP contribution in [0.15, 0.2) is 41.3 Å². The van der Waals surface area contributed by atoms with Crippen molar-refractivity contribution in [3.8, 4) is 11.4 Å². The molecule has 0 atom stereocenters. The van der Waals surface area contributed by atoms with Crippen LogP contribution in [0.3, 0.4) is 0 Å². The molecule has 3 aromatic rings. The van der Waals surface area contributed by atoms with E-state index in [1.165, 1.54) is 23.9 Å². The molecule has 0 radical (unpaired) electrons. The van der Waals surface area contributed by atoms with Crippen molar-refractivity contribution in [2.45, 2.75) is 13.8 Å². The zero-order valence-electron chi connectivity index (χ0n) is 13.5. The highest BCUT2D eigenvalue weighted by Crippen LogP contribution is 2.24. The molecule has 3 rings (SSSR count). The quantitative estimate of drug-likeness (QED) is 0.733. The Balaban J connectivity index is 2.41. The molecule has 0 fully saturated rings. The third-order valence-electron chi connectivity index (χ3n) is 3.95. The van der Waals surface area contributed by atoms with E-state index in [1.54, 1.807) is 38.1 Å². The molecule has 122 valence electrons. The van der Waals surface area contributed by atoms with E-state index in [1.807, 2.05) is 0 Å². The van der Waals surface area contributed by atoms with E-state index in [0.29, 0.717) is 27.8 Å². The summed E-state index contributed by atoms with van der Waals surface area (Å²) < 4.78 is 6.15. The van der Waals surface area contributed by atoms with Gasteiger partial charge in [-0.3, -0.25) is 14.3 Å². The molecule has 0 unspecified atom stereocenters. The average molecular weight is 324 g/mol. The zero-order valence-corrected chi connectivity index (χ0v) is 13.5. The molecule has 2 aromatic heterocycles. The van der Waals surface area contributed by atoms with Gasteiger partial charge in [-0.1, -0.05) is 12.1 Å². The number of carbonyl (C=O) groups is 1. The number of hydrogen-bond acceptors (Lipinski definition) is 5. The van der Waals surface area contributed by atoms with Crippen molar-refractivity contribution in [1.29, 1.82) is 0 Å². The van der Waals surface area contributed by atoms with E-state index in [9.17, 15) is 14.7 Å². The van der Waals surface area contributed by atoms with Gasteiger partial charge in [0.1, 0.15) is 5.75 Å². The van der Waals surface area contributed by atoms with E-state index in [0.717, 1.165) is 0 Å². The lowest BCUT2D eigenvalue weighted by molar-refractivity contribution is 0.0601. The minimum absolute atomic E-state index is 0.00938. The summed E-state index contributed by atoms with van der Waals surface area (Å²) in [7, 11) is 1.29. The standard InChI is InChI=1S/C18H16N2O4/c1-10-15-12(16(11(2)19-10)18(23)24-3)8-9-20(17(15)22)13-6-4-5-7-14(13)21/h4-9,21H,1-3H3. The number of aromatic hydroxyl groups is 1. The largest absolute Gasteiger partial charge is 0.506 e. The number of fused-ring (bicyclic) bond motifs is 1. The van der Waals surface area contributed by atoms with Gasteiger partial charge in [-0.25, -0.2) is 4.79 Å². The summed E-state index contributed by atoms with van der Waals surface area (Å²) in [6, 6.07) is 8.21. The van der Waals surface area contributed by atoms with Crippen LogP contribution in [0, 0.1) is 13.8 Å². The molecule has 2 heterocycles. The molecule has 0 aliphatic carbocycles. The van der Waals surface area contributed by atoms with Crippen LogP contribution in [0.1, 0.15) is 21.7 Å². The van der Waals surface area contributed by atoms with Crippen molar-refractivity contribution in [3.05, 3.63) is 63.8 Å². The second-order valence-corrected chi connectivity index (χ2v) is 5.42. The van der Waals surface area contributed by atoms with E-state index in [-0.39, 0.29) is 16.9 Å². The van der Waals surface area contributed by atoms with Crippen LogP contribution in [-0.4, -0.2) is 27.7 Å². The summed E-state index contributed by atoms with van der Waals surface area (Å²) in [4.78, 5) is 29.3. The molecule has 1 N–H and O–H groups in total. The molecule has 0 saturated carbocycles. The zero-order chi connectivity index (χ0) is 17.4. The molecule has 0 saturated heterocycles. The van der Waals surface area contributed by atoms with Crippen molar-refractivity contribution in [3.63, 3.8) is 0 Å². The van der Waals surface area contributed by atoms with Gasteiger partial charge >= 0.3 is 5.97 Å². The van der Waals surface area contributed by atoms with Gasteiger partial charge in [-0.05, 0) is 32.0 Å². The van der Waals surface area contributed by atoms with Gasteiger partial charge in [0, 0.05) is 11.6 Å². The van der Waals surface area contributed by atoms with Crippen LogP contribution in [0.25, 0.3) is 16.5 Å². The molecule has 24 heavy (non-hydrogen) atoms. The first-order chi connectivity index (χ1) is 11.5. The number of carbonyl (C=O) groups excluding carboxylic acids is 1. The maximum Gasteiger partial charge on any atom is 0.340 e. The topological polar surface area (TPSA) is 81.4 Å². The maximum absolute atomic E-state index is 12.9. The Labute approximate surface area is 138 Å². The predicted molar refractivity (Wildman–Crippen MR) is 89.8 cm³/mol. The smallest absolute Gasteiger partial charge is 0.340 e.